The van der Waals surface area contributed by atoms with E-state index in [2.05, 4.69) is 48.7 Å². The van der Waals surface area contributed by atoms with Crippen LogP contribution in [0.3, 0.4) is 0 Å². The van der Waals surface area contributed by atoms with E-state index in [9.17, 15) is 0 Å². The maximum Gasteiger partial charge on any atom is 0.0248 e. The molecule has 0 amide bonds. The van der Waals surface area contributed by atoms with Crippen LogP contribution in [0.2, 0.25) is 0 Å². The third-order valence-corrected chi connectivity index (χ3v) is 3.46. The van der Waals surface area contributed by atoms with Gasteiger partial charge in [0.25, 0.3) is 0 Å². The molecule has 1 aliphatic heterocycles. The van der Waals surface area contributed by atoms with E-state index >= 15 is 0 Å². The van der Waals surface area contributed by atoms with E-state index in [4.69, 9.17) is 0 Å². The van der Waals surface area contributed by atoms with Crippen LogP contribution >= 0.6 is 0 Å². The lowest BCUT2D eigenvalue weighted by molar-refractivity contribution is 0.216. The molecule has 2 rings (SSSR count). The van der Waals surface area contributed by atoms with Gasteiger partial charge in [-0.05, 0) is 50.3 Å². The van der Waals surface area contributed by atoms with Crippen molar-refractivity contribution in [3.05, 3.63) is 42.4 Å². The van der Waals surface area contributed by atoms with Crippen LogP contribution in [-0.2, 0) is 6.42 Å². The summed E-state index contributed by atoms with van der Waals surface area (Å²) >= 11 is 0. The lowest BCUT2D eigenvalue weighted by Gasteiger charge is -2.31. The van der Waals surface area contributed by atoms with Crippen molar-refractivity contribution in [2.24, 2.45) is 5.92 Å². The molecule has 0 unspecified atom stereocenters. The first-order valence-electron chi connectivity index (χ1n) is 6.49. The number of likely N-dealkylation sites (tertiary alicyclic amines) is 1. The molecular weight excluding hydrogens is 194 g/mol. The van der Waals surface area contributed by atoms with E-state index in [-0.39, 0.29) is 0 Å². The number of benzene rings is 1. The van der Waals surface area contributed by atoms with Crippen LogP contribution in [-0.4, -0.2) is 18.0 Å². The lowest BCUT2D eigenvalue weighted by atomic mass is 9.90. The van der Waals surface area contributed by atoms with Crippen molar-refractivity contribution in [3.63, 3.8) is 0 Å². The van der Waals surface area contributed by atoms with Crippen LogP contribution in [0.5, 0.6) is 0 Å². The van der Waals surface area contributed by atoms with Gasteiger partial charge in [0.15, 0.2) is 0 Å². The Morgan fingerprint density at radius 2 is 1.88 bits per heavy atom. The minimum absolute atomic E-state index is 0.893. The van der Waals surface area contributed by atoms with Gasteiger partial charge in [0.1, 0.15) is 0 Å². The van der Waals surface area contributed by atoms with E-state index in [1.54, 1.807) is 0 Å². The molecule has 1 aromatic carbocycles. The topological polar surface area (TPSA) is 3.24 Å². The van der Waals surface area contributed by atoms with E-state index < -0.39 is 0 Å². The van der Waals surface area contributed by atoms with E-state index in [1.165, 1.54) is 44.3 Å². The summed E-state index contributed by atoms with van der Waals surface area (Å²) in [5.41, 5.74) is 1.50. The summed E-state index contributed by atoms with van der Waals surface area (Å²) in [7, 11) is 0. The van der Waals surface area contributed by atoms with Crippen molar-refractivity contribution in [2.75, 3.05) is 13.1 Å². The predicted molar refractivity (Wildman–Crippen MR) is 69.0 cm³/mol. The van der Waals surface area contributed by atoms with Crippen LogP contribution in [0.4, 0.5) is 0 Å². The Morgan fingerprint density at radius 3 is 2.50 bits per heavy atom. The Morgan fingerprint density at radius 1 is 1.19 bits per heavy atom. The van der Waals surface area contributed by atoms with Crippen LogP contribution in [0, 0.1) is 12.5 Å². The van der Waals surface area contributed by atoms with Gasteiger partial charge in [-0.2, -0.15) is 0 Å². The van der Waals surface area contributed by atoms with Crippen LogP contribution in [0.15, 0.2) is 30.3 Å². The van der Waals surface area contributed by atoms with Crippen molar-refractivity contribution in [3.8, 4) is 0 Å². The molecule has 1 heteroatoms. The van der Waals surface area contributed by atoms with E-state index in [1.807, 2.05) is 0 Å². The highest BCUT2D eigenvalue weighted by molar-refractivity contribution is 5.15. The molecule has 0 bridgehead atoms. The number of hydrogen-bond acceptors (Lipinski definition) is 1. The first kappa shape index (κ1) is 11.7. The molecule has 1 heterocycles. The highest BCUT2D eigenvalue weighted by Crippen LogP contribution is 2.22. The van der Waals surface area contributed by atoms with Crippen LogP contribution < -0.4 is 0 Å². The number of piperidine rings is 1. The third-order valence-electron chi connectivity index (χ3n) is 3.46. The summed E-state index contributed by atoms with van der Waals surface area (Å²) in [6, 6.07) is 10.9. The van der Waals surface area contributed by atoms with Crippen molar-refractivity contribution >= 4 is 0 Å². The Balaban J connectivity index is 1.77. The molecule has 0 aromatic heterocycles. The van der Waals surface area contributed by atoms with E-state index in [0.29, 0.717) is 0 Å². The van der Waals surface area contributed by atoms with Crippen molar-refractivity contribution in [1.29, 1.82) is 0 Å². The number of nitrogens with zero attached hydrogens (tertiary/aromatic N) is 1. The van der Waals surface area contributed by atoms with Crippen molar-refractivity contribution < 1.29 is 0 Å². The molecule has 0 spiro atoms. The monoisotopic (exact) mass is 216 g/mol. The van der Waals surface area contributed by atoms with Gasteiger partial charge >= 0.3 is 0 Å². The highest BCUT2D eigenvalue weighted by Gasteiger charge is 2.18. The normalized spacial score (nSPS) is 18.8. The number of rotatable bonds is 4. The maximum atomic E-state index is 2.49. The zero-order chi connectivity index (χ0) is 11.2. The first-order valence-corrected chi connectivity index (χ1v) is 6.49. The molecule has 1 fully saturated rings. The smallest absolute Gasteiger partial charge is 0.0248 e. The van der Waals surface area contributed by atoms with Crippen LogP contribution in [0.25, 0.3) is 0 Å². The van der Waals surface area contributed by atoms with Gasteiger partial charge in [0.2, 0.25) is 0 Å². The summed E-state index contributed by atoms with van der Waals surface area (Å²) in [5.74, 6) is 0.893. The standard InChI is InChI=1S/C15H22N/c1-2-10-16-11-8-15(9-12-16)13-14-6-4-3-5-7-14/h3-7,10,15H,2,8-9,11-13H2,1H3. The van der Waals surface area contributed by atoms with Gasteiger partial charge < -0.3 is 0 Å². The van der Waals surface area contributed by atoms with Gasteiger partial charge in [-0.15, -0.1) is 0 Å². The average Bonchev–Trinajstić information content (AvgIpc) is 2.33. The van der Waals surface area contributed by atoms with Gasteiger partial charge in [0.05, 0.1) is 0 Å². The Bertz CT molecular complexity index is 286. The molecule has 1 aromatic rings. The molecule has 0 aliphatic carbocycles. The highest BCUT2D eigenvalue weighted by atomic mass is 15.1. The largest absolute Gasteiger partial charge is 0.299 e. The fourth-order valence-electron chi connectivity index (χ4n) is 2.55. The third kappa shape index (κ3) is 3.34. The summed E-state index contributed by atoms with van der Waals surface area (Å²) in [5, 5.41) is 0. The van der Waals surface area contributed by atoms with Gasteiger partial charge in [-0.25, -0.2) is 0 Å². The lowest BCUT2D eigenvalue weighted by Crippen LogP contribution is -2.32. The molecule has 0 N–H and O–H groups in total. The first-order chi connectivity index (χ1) is 7.88. The molecule has 1 nitrogen and oxygen atoms in total. The zero-order valence-electron chi connectivity index (χ0n) is 10.2. The summed E-state index contributed by atoms with van der Waals surface area (Å²) in [4.78, 5) is 2.49. The SMILES string of the molecule is CC[CH]N1CCC(Cc2ccccc2)CC1. The second-order valence-electron chi connectivity index (χ2n) is 4.76. The van der Waals surface area contributed by atoms with Gasteiger partial charge in [0, 0.05) is 6.54 Å². The number of hydrogen-bond donors (Lipinski definition) is 0. The predicted octanol–water partition coefficient (Wildman–Crippen LogP) is 3.51. The molecule has 1 saturated heterocycles. The fraction of sp³-hybridized carbons (Fsp3) is 0.533. The summed E-state index contributed by atoms with van der Waals surface area (Å²) in [6.45, 7) is 7.07. The van der Waals surface area contributed by atoms with Crippen molar-refractivity contribution in [1.82, 2.24) is 4.90 Å². The molecule has 87 valence electrons. The Kier molecular flexibility index (Phi) is 4.41. The Hall–Kier alpha value is -0.820. The van der Waals surface area contributed by atoms with E-state index in [0.717, 1.165) is 5.92 Å². The maximum absolute atomic E-state index is 2.49. The molecule has 16 heavy (non-hydrogen) atoms. The molecule has 0 saturated carbocycles. The molecule has 1 aliphatic rings. The second-order valence-corrected chi connectivity index (χ2v) is 4.76. The summed E-state index contributed by atoms with van der Waals surface area (Å²) < 4.78 is 0. The molecular formula is C15H22N. The zero-order valence-corrected chi connectivity index (χ0v) is 10.2. The second kappa shape index (κ2) is 6.05. The summed E-state index contributed by atoms with van der Waals surface area (Å²) in [6.07, 6.45) is 5.14. The minimum Gasteiger partial charge on any atom is -0.299 e. The minimum atomic E-state index is 0.893. The molecule has 0 atom stereocenters. The average molecular weight is 216 g/mol. The molecule has 1 radical (unpaired) electrons. The van der Waals surface area contributed by atoms with Crippen molar-refractivity contribution in [2.45, 2.75) is 32.6 Å². The fourth-order valence-corrected chi connectivity index (χ4v) is 2.55. The Labute approximate surface area is 99.5 Å². The van der Waals surface area contributed by atoms with Gasteiger partial charge in [-0.1, -0.05) is 37.3 Å². The quantitative estimate of drug-likeness (QED) is 0.744. The van der Waals surface area contributed by atoms with Gasteiger partial charge in [-0.3, -0.25) is 4.90 Å². The van der Waals surface area contributed by atoms with Crippen LogP contribution in [0.1, 0.15) is 31.7 Å².